The lowest BCUT2D eigenvalue weighted by Gasteiger charge is -2.25. The van der Waals surface area contributed by atoms with Gasteiger partial charge in [-0.1, -0.05) is 13.8 Å². The highest BCUT2D eigenvalue weighted by atomic mass is 15.2. The normalized spacial score (nSPS) is 22.4. The summed E-state index contributed by atoms with van der Waals surface area (Å²) in [4.78, 5) is 2.61. The lowest BCUT2D eigenvalue weighted by molar-refractivity contribution is 0.251. The van der Waals surface area contributed by atoms with E-state index in [4.69, 9.17) is 6.42 Å². The van der Waals surface area contributed by atoms with Crippen LogP contribution in [0.4, 0.5) is 0 Å². The molecule has 1 fully saturated rings. The lowest BCUT2D eigenvalue weighted by atomic mass is 10.0. The minimum absolute atomic E-state index is 0.685. The highest BCUT2D eigenvalue weighted by molar-refractivity contribution is 4.83. The van der Waals surface area contributed by atoms with Crippen LogP contribution in [0.15, 0.2) is 0 Å². The first kappa shape index (κ1) is 14.5. The maximum absolute atomic E-state index is 5.28. The van der Waals surface area contributed by atoms with Gasteiger partial charge in [0.25, 0.3) is 0 Å². The van der Waals surface area contributed by atoms with Crippen LogP contribution in [-0.2, 0) is 0 Å². The Labute approximate surface area is 107 Å². The largest absolute Gasteiger partial charge is 0.313 e. The van der Waals surface area contributed by atoms with Crippen molar-refractivity contribution < 1.29 is 0 Å². The second kappa shape index (κ2) is 8.55. The fraction of sp³-hybridized carbons (Fsp3) is 0.867. The number of nitrogens with zero attached hydrogens (tertiary/aromatic N) is 1. The average Bonchev–Trinajstić information content (AvgIpc) is 2.49. The molecule has 0 aliphatic carbocycles. The van der Waals surface area contributed by atoms with Crippen molar-refractivity contribution in [2.75, 3.05) is 26.2 Å². The minimum Gasteiger partial charge on any atom is -0.313 e. The van der Waals surface area contributed by atoms with Crippen LogP contribution >= 0.6 is 0 Å². The Morgan fingerprint density at radius 1 is 1.41 bits per heavy atom. The average molecular weight is 236 g/mol. The van der Waals surface area contributed by atoms with E-state index in [0.717, 1.165) is 12.3 Å². The van der Waals surface area contributed by atoms with Gasteiger partial charge in [-0.15, -0.1) is 12.3 Å². The van der Waals surface area contributed by atoms with Crippen LogP contribution in [-0.4, -0.2) is 37.1 Å². The summed E-state index contributed by atoms with van der Waals surface area (Å²) in [6.07, 6.45) is 11.2. The highest BCUT2D eigenvalue weighted by Gasteiger charge is 2.17. The van der Waals surface area contributed by atoms with E-state index >= 15 is 0 Å². The predicted octanol–water partition coefficient (Wildman–Crippen LogP) is 2.50. The van der Waals surface area contributed by atoms with Gasteiger partial charge in [-0.05, 0) is 51.2 Å². The van der Waals surface area contributed by atoms with E-state index in [1.165, 1.54) is 51.9 Å². The molecule has 1 unspecified atom stereocenters. The van der Waals surface area contributed by atoms with E-state index in [2.05, 4.69) is 30.0 Å². The standard InChI is InChI=1S/C15H28N2/c1-4-5-6-7-10-17-11-8-9-16-15(13-17)12-14(2)3/h1,14-16H,5-13H2,2-3H3. The summed E-state index contributed by atoms with van der Waals surface area (Å²) in [6.45, 7) is 9.48. The Kier molecular flexibility index (Phi) is 7.32. The molecule has 0 aromatic heterocycles. The van der Waals surface area contributed by atoms with Crippen molar-refractivity contribution in [2.24, 2.45) is 5.92 Å². The maximum Gasteiger partial charge on any atom is 0.0197 e. The predicted molar refractivity (Wildman–Crippen MR) is 75.0 cm³/mol. The van der Waals surface area contributed by atoms with Gasteiger partial charge in [0, 0.05) is 19.0 Å². The van der Waals surface area contributed by atoms with E-state index in [-0.39, 0.29) is 0 Å². The van der Waals surface area contributed by atoms with Gasteiger partial charge in [0.1, 0.15) is 0 Å². The molecule has 98 valence electrons. The smallest absolute Gasteiger partial charge is 0.0197 e. The molecule has 0 amide bonds. The van der Waals surface area contributed by atoms with Gasteiger partial charge in [0.2, 0.25) is 0 Å². The number of terminal acetylenes is 1. The van der Waals surface area contributed by atoms with E-state index in [1.807, 2.05) is 0 Å². The van der Waals surface area contributed by atoms with E-state index < -0.39 is 0 Å². The zero-order valence-electron chi connectivity index (χ0n) is 11.5. The topological polar surface area (TPSA) is 15.3 Å². The SMILES string of the molecule is C#CCCCCN1CCCNC(CC(C)C)C1. The van der Waals surface area contributed by atoms with Crippen molar-refractivity contribution in [3.05, 3.63) is 0 Å². The van der Waals surface area contributed by atoms with Crippen molar-refractivity contribution in [2.45, 2.75) is 52.0 Å². The molecule has 1 saturated heterocycles. The Balaban J connectivity index is 2.25. The highest BCUT2D eigenvalue weighted by Crippen LogP contribution is 2.10. The van der Waals surface area contributed by atoms with E-state index in [1.54, 1.807) is 0 Å². The molecule has 0 bridgehead atoms. The summed E-state index contributed by atoms with van der Waals surface area (Å²) in [5.41, 5.74) is 0. The molecular weight excluding hydrogens is 208 g/mol. The lowest BCUT2D eigenvalue weighted by Crippen LogP contribution is -2.38. The molecule has 0 radical (unpaired) electrons. The van der Waals surface area contributed by atoms with Crippen molar-refractivity contribution in [1.82, 2.24) is 10.2 Å². The van der Waals surface area contributed by atoms with Gasteiger partial charge in [-0.2, -0.15) is 0 Å². The quantitative estimate of drug-likeness (QED) is 0.563. The Bertz CT molecular complexity index is 230. The van der Waals surface area contributed by atoms with Crippen LogP contribution in [0.1, 0.15) is 46.0 Å². The summed E-state index contributed by atoms with van der Waals surface area (Å²) in [7, 11) is 0. The Morgan fingerprint density at radius 2 is 2.24 bits per heavy atom. The first-order chi connectivity index (χ1) is 8.22. The van der Waals surface area contributed by atoms with Gasteiger partial charge in [0.15, 0.2) is 0 Å². The first-order valence-electron chi connectivity index (χ1n) is 7.11. The zero-order valence-corrected chi connectivity index (χ0v) is 11.5. The molecule has 0 saturated carbocycles. The molecule has 1 atom stereocenters. The summed E-state index contributed by atoms with van der Waals surface area (Å²) >= 11 is 0. The van der Waals surface area contributed by atoms with Gasteiger partial charge in [0.05, 0.1) is 0 Å². The van der Waals surface area contributed by atoms with Crippen LogP contribution in [0.25, 0.3) is 0 Å². The van der Waals surface area contributed by atoms with E-state index in [0.29, 0.717) is 6.04 Å². The Hall–Kier alpha value is -0.520. The maximum atomic E-state index is 5.28. The van der Waals surface area contributed by atoms with Gasteiger partial charge >= 0.3 is 0 Å². The first-order valence-corrected chi connectivity index (χ1v) is 7.11. The van der Waals surface area contributed by atoms with Crippen LogP contribution < -0.4 is 5.32 Å². The van der Waals surface area contributed by atoms with Crippen LogP contribution in [0.3, 0.4) is 0 Å². The molecule has 1 heterocycles. The fourth-order valence-corrected chi connectivity index (χ4v) is 2.57. The number of hydrogen-bond donors (Lipinski definition) is 1. The van der Waals surface area contributed by atoms with Gasteiger partial charge < -0.3 is 10.2 Å². The van der Waals surface area contributed by atoms with Gasteiger partial charge in [-0.25, -0.2) is 0 Å². The molecular formula is C15H28N2. The minimum atomic E-state index is 0.685. The van der Waals surface area contributed by atoms with E-state index in [9.17, 15) is 0 Å². The third-order valence-electron chi connectivity index (χ3n) is 3.36. The molecule has 1 rings (SSSR count). The Morgan fingerprint density at radius 3 is 2.94 bits per heavy atom. The van der Waals surface area contributed by atoms with Crippen molar-refractivity contribution in [3.8, 4) is 12.3 Å². The van der Waals surface area contributed by atoms with Crippen molar-refractivity contribution in [1.29, 1.82) is 0 Å². The second-order valence-corrected chi connectivity index (χ2v) is 5.60. The zero-order chi connectivity index (χ0) is 12.5. The molecule has 2 nitrogen and oxygen atoms in total. The fourth-order valence-electron chi connectivity index (χ4n) is 2.57. The molecule has 0 aromatic carbocycles. The number of unbranched alkanes of at least 4 members (excludes halogenated alkanes) is 2. The molecule has 0 aromatic rings. The van der Waals surface area contributed by atoms with Crippen LogP contribution in [0.5, 0.6) is 0 Å². The molecule has 1 aliphatic heterocycles. The molecule has 0 spiro atoms. The number of rotatable bonds is 6. The molecule has 2 heteroatoms. The third-order valence-corrected chi connectivity index (χ3v) is 3.36. The number of nitrogens with one attached hydrogen (secondary N) is 1. The summed E-state index contributed by atoms with van der Waals surface area (Å²) in [6, 6.07) is 0.685. The number of hydrogen-bond acceptors (Lipinski definition) is 2. The summed E-state index contributed by atoms with van der Waals surface area (Å²) in [5, 5.41) is 3.67. The monoisotopic (exact) mass is 236 g/mol. The van der Waals surface area contributed by atoms with Crippen molar-refractivity contribution >= 4 is 0 Å². The second-order valence-electron chi connectivity index (χ2n) is 5.60. The van der Waals surface area contributed by atoms with Crippen LogP contribution in [0, 0.1) is 18.3 Å². The molecule has 1 aliphatic rings. The summed E-state index contributed by atoms with van der Waals surface area (Å²) in [5.74, 6) is 3.51. The molecule has 17 heavy (non-hydrogen) atoms. The van der Waals surface area contributed by atoms with Gasteiger partial charge in [-0.3, -0.25) is 0 Å². The van der Waals surface area contributed by atoms with Crippen molar-refractivity contribution in [3.63, 3.8) is 0 Å². The molecule has 1 N–H and O–H groups in total. The summed E-state index contributed by atoms with van der Waals surface area (Å²) < 4.78 is 0. The van der Waals surface area contributed by atoms with Crippen LogP contribution in [0.2, 0.25) is 0 Å². The third kappa shape index (κ3) is 6.71.